The van der Waals surface area contributed by atoms with Crippen LogP contribution in [0.15, 0.2) is 24.3 Å². The summed E-state index contributed by atoms with van der Waals surface area (Å²) in [5, 5.41) is 63.7. The second-order valence-corrected chi connectivity index (χ2v) is 5.42. The molecule has 16 nitrogen and oxygen atoms in total. The molecule has 0 radical (unpaired) electrons. The average molecular weight is 422 g/mol. The van der Waals surface area contributed by atoms with Crippen molar-refractivity contribution in [3.05, 3.63) is 75.8 Å². The molecule has 0 atom stereocenters. The lowest BCUT2D eigenvalue weighted by Crippen LogP contribution is -2.10. The largest absolute Gasteiger partial charge is 0.478 e. The Labute approximate surface area is 162 Å². The van der Waals surface area contributed by atoms with Crippen molar-refractivity contribution < 1.29 is 39.5 Å². The van der Waals surface area contributed by atoms with Crippen LogP contribution in [-0.2, 0) is 0 Å². The molecule has 0 aliphatic carbocycles. The van der Waals surface area contributed by atoms with Crippen LogP contribution in [0.2, 0.25) is 0 Å². The average Bonchev–Trinajstić information content (AvgIpc) is 2.65. The van der Waals surface area contributed by atoms with E-state index in [1.165, 1.54) is 0 Å². The highest BCUT2D eigenvalue weighted by Crippen LogP contribution is 2.46. The zero-order valence-electron chi connectivity index (χ0n) is 14.1. The Kier molecular flexibility index (Phi) is 5.35. The molecule has 0 amide bonds. The van der Waals surface area contributed by atoms with Gasteiger partial charge in [0, 0.05) is 6.07 Å². The summed E-state index contributed by atoms with van der Waals surface area (Å²) in [5.74, 6) is -3.77. The van der Waals surface area contributed by atoms with E-state index in [0.29, 0.717) is 12.1 Å². The number of aromatic carboxylic acids is 2. The number of carbonyl (C=O) groups is 2. The van der Waals surface area contributed by atoms with Gasteiger partial charge in [-0.25, -0.2) is 9.59 Å². The van der Waals surface area contributed by atoms with E-state index in [4.69, 9.17) is 5.11 Å². The van der Waals surface area contributed by atoms with Gasteiger partial charge >= 0.3 is 11.9 Å². The van der Waals surface area contributed by atoms with E-state index >= 15 is 0 Å². The van der Waals surface area contributed by atoms with Crippen LogP contribution in [0.3, 0.4) is 0 Å². The molecule has 0 aromatic heterocycles. The van der Waals surface area contributed by atoms with E-state index in [9.17, 15) is 55.2 Å². The fourth-order valence-electron chi connectivity index (χ4n) is 2.57. The Morgan fingerprint density at radius 1 is 0.633 bits per heavy atom. The van der Waals surface area contributed by atoms with Gasteiger partial charge in [0.2, 0.25) is 0 Å². The van der Waals surface area contributed by atoms with Gasteiger partial charge in [-0.15, -0.1) is 0 Å². The van der Waals surface area contributed by atoms with Gasteiger partial charge in [0.25, 0.3) is 22.7 Å². The molecule has 2 aromatic carbocycles. The van der Waals surface area contributed by atoms with Crippen LogP contribution in [0.25, 0.3) is 11.1 Å². The number of rotatable bonds is 7. The quantitative estimate of drug-likeness (QED) is 0.482. The predicted molar refractivity (Wildman–Crippen MR) is 92.4 cm³/mol. The molecule has 0 unspecified atom stereocenters. The fraction of sp³-hybridized carbons (Fsp3) is 0. The second-order valence-electron chi connectivity index (χ2n) is 5.42. The van der Waals surface area contributed by atoms with Gasteiger partial charge in [-0.3, -0.25) is 40.5 Å². The predicted octanol–water partition coefficient (Wildman–Crippen LogP) is 2.38. The first-order chi connectivity index (χ1) is 13.9. The maximum absolute atomic E-state index is 11.6. The number of nitro groups is 4. The topological polar surface area (TPSA) is 247 Å². The number of nitrogens with zero attached hydrogens (tertiary/aromatic N) is 4. The molecule has 0 aliphatic heterocycles. The van der Waals surface area contributed by atoms with Crippen molar-refractivity contribution in [1.29, 1.82) is 0 Å². The molecule has 154 valence electrons. The molecule has 0 saturated heterocycles. The highest BCUT2D eigenvalue weighted by Gasteiger charge is 2.38. The van der Waals surface area contributed by atoms with Gasteiger partial charge < -0.3 is 10.2 Å². The van der Waals surface area contributed by atoms with Gasteiger partial charge in [-0.2, -0.15) is 0 Å². The van der Waals surface area contributed by atoms with Crippen LogP contribution in [0.5, 0.6) is 0 Å². The van der Waals surface area contributed by atoms with Crippen molar-refractivity contribution in [3.8, 4) is 11.1 Å². The Balaban J connectivity index is 3.21. The number of carboxylic acid groups (broad SMARTS) is 2. The maximum Gasteiger partial charge on any atom is 0.336 e. The molecular weight excluding hydrogens is 416 g/mol. The minimum absolute atomic E-state index is 0.267. The van der Waals surface area contributed by atoms with E-state index in [1.54, 1.807) is 0 Å². The summed E-state index contributed by atoms with van der Waals surface area (Å²) in [5.41, 5.74) is -9.50. The van der Waals surface area contributed by atoms with Gasteiger partial charge in [0.15, 0.2) is 0 Å². The normalized spacial score (nSPS) is 10.3. The Bertz CT molecular complexity index is 1010. The summed E-state index contributed by atoms with van der Waals surface area (Å²) in [6.07, 6.45) is 0. The summed E-state index contributed by atoms with van der Waals surface area (Å²) >= 11 is 0. The van der Waals surface area contributed by atoms with E-state index in [2.05, 4.69) is 0 Å². The second kappa shape index (κ2) is 7.54. The molecule has 0 heterocycles. The van der Waals surface area contributed by atoms with Crippen molar-refractivity contribution in [2.24, 2.45) is 0 Å². The van der Waals surface area contributed by atoms with E-state index in [0.717, 1.165) is 0 Å². The number of hydrogen-bond donors (Lipinski definition) is 2. The van der Waals surface area contributed by atoms with Crippen LogP contribution >= 0.6 is 0 Å². The molecule has 2 aromatic rings. The van der Waals surface area contributed by atoms with Crippen molar-refractivity contribution in [1.82, 2.24) is 0 Å². The molecule has 16 heteroatoms. The zero-order valence-corrected chi connectivity index (χ0v) is 14.1. The van der Waals surface area contributed by atoms with Crippen molar-refractivity contribution in [3.63, 3.8) is 0 Å². The van der Waals surface area contributed by atoms with E-state index in [-0.39, 0.29) is 12.1 Å². The SMILES string of the molecule is O=C(O)c1cc(C(=O)O)c(-c2c([N+](=O)[O-])cc([N+](=O)[O-])cc2[N+](=O)[O-])c([N+](=O)[O-])c1. The summed E-state index contributed by atoms with van der Waals surface area (Å²) in [6, 6.07) is 1.31. The number of hydrogen-bond acceptors (Lipinski definition) is 10. The molecule has 30 heavy (non-hydrogen) atoms. The van der Waals surface area contributed by atoms with Crippen LogP contribution in [0.4, 0.5) is 22.7 Å². The van der Waals surface area contributed by atoms with E-state index in [1.807, 2.05) is 0 Å². The summed E-state index contributed by atoms with van der Waals surface area (Å²) < 4.78 is 0. The summed E-state index contributed by atoms with van der Waals surface area (Å²) in [7, 11) is 0. The molecule has 0 fully saturated rings. The van der Waals surface area contributed by atoms with Crippen molar-refractivity contribution >= 4 is 34.7 Å². The van der Waals surface area contributed by atoms with Crippen LogP contribution in [-0.4, -0.2) is 41.8 Å². The zero-order chi connectivity index (χ0) is 22.9. The molecule has 0 saturated carbocycles. The standard InChI is InChI=1S/C14H6N4O12/c19-13(20)5-1-7(14(21)22)11(8(2-5)16(25)26)12-9(17(27)28)3-6(15(23)24)4-10(12)18(29)30/h1-4H,(H,19,20)(H,21,22). The van der Waals surface area contributed by atoms with Crippen LogP contribution in [0, 0.1) is 40.5 Å². The molecule has 2 rings (SSSR count). The van der Waals surface area contributed by atoms with E-state index < -0.39 is 76.6 Å². The Hall–Kier alpha value is -5.02. The molecule has 0 bridgehead atoms. The van der Waals surface area contributed by atoms with Gasteiger partial charge in [-0.1, -0.05) is 0 Å². The lowest BCUT2D eigenvalue weighted by Gasteiger charge is -2.10. The minimum atomic E-state index is -1.99. The number of nitro benzene ring substituents is 4. The first kappa shape index (κ1) is 21.3. The maximum atomic E-state index is 11.6. The first-order valence-corrected chi connectivity index (χ1v) is 7.27. The Morgan fingerprint density at radius 2 is 1.07 bits per heavy atom. The first-order valence-electron chi connectivity index (χ1n) is 7.27. The van der Waals surface area contributed by atoms with Crippen LogP contribution < -0.4 is 0 Å². The third-order valence-electron chi connectivity index (χ3n) is 3.73. The number of non-ortho nitro benzene ring substituents is 1. The lowest BCUT2D eigenvalue weighted by atomic mass is 9.92. The Morgan fingerprint density at radius 3 is 1.40 bits per heavy atom. The highest BCUT2D eigenvalue weighted by molar-refractivity contribution is 6.05. The van der Waals surface area contributed by atoms with Gasteiger partial charge in [0.1, 0.15) is 5.56 Å². The number of carboxylic acids is 2. The van der Waals surface area contributed by atoms with Gasteiger partial charge in [0.05, 0.1) is 48.5 Å². The number of benzene rings is 2. The minimum Gasteiger partial charge on any atom is -0.478 e. The fourth-order valence-corrected chi connectivity index (χ4v) is 2.57. The van der Waals surface area contributed by atoms with Crippen molar-refractivity contribution in [2.45, 2.75) is 0 Å². The summed E-state index contributed by atoms with van der Waals surface area (Å²) in [4.78, 5) is 62.9. The molecule has 0 aliphatic rings. The monoisotopic (exact) mass is 422 g/mol. The third kappa shape index (κ3) is 3.67. The van der Waals surface area contributed by atoms with Crippen molar-refractivity contribution in [2.75, 3.05) is 0 Å². The van der Waals surface area contributed by atoms with Gasteiger partial charge in [-0.05, 0) is 6.07 Å². The van der Waals surface area contributed by atoms with Crippen LogP contribution in [0.1, 0.15) is 20.7 Å². The lowest BCUT2D eigenvalue weighted by molar-refractivity contribution is -0.402. The highest BCUT2D eigenvalue weighted by atomic mass is 16.6. The summed E-state index contributed by atoms with van der Waals surface area (Å²) in [6.45, 7) is 0. The third-order valence-corrected chi connectivity index (χ3v) is 3.73. The molecular formula is C14H6N4O12. The molecule has 0 spiro atoms. The smallest absolute Gasteiger partial charge is 0.336 e. The molecule has 2 N–H and O–H groups in total.